The van der Waals surface area contributed by atoms with E-state index in [0.29, 0.717) is 24.2 Å². The number of likely N-dealkylation sites (N-methyl/N-ethyl adjacent to an activating group) is 1. The standard InChI is InChI=1S/C35H34FN3O7/c1-39(2)29-24-14-20-13-23-22(19-8-6-17(7-9-19)15-38-16-18-4-3-5-21(36)12-18)10-11-25(40)27(23)30(41)26(20)32(43)35(24,46)33(44)28(31(29)42)34(37)45/h3-12,20,24,26,28-29,38,40,46H,13-16H2,1-2H3,(H2,37,45)/t20-,24-,26?,28?,29?,35+/m1/s1. The Balaban J connectivity index is 1.31. The van der Waals surface area contributed by atoms with Crippen LogP contribution in [0.15, 0.2) is 60.7 Å². The minimum atomic E-state index is -2.76. The maximum Gasteiger partial charge on any atom is 0.235 e. The summed E-state index contributed by atoms with van der Waals surface area (Å²) in [6.07, 6.45) is 0.154. The highest BCUT2D eigenvalue weighted by Crippen LogP contribution is 2.51. The molecule has 3 aliphatic carbocycles. The summed E-state index contributed by atoms with van der Waals surface area (Å²) in [4.78, 5) is 68.4. The second-order valence-corrected chi connectivity index (χ2v) is 12.7. The number of nitrogens with zero attached hydrogens (tertiary/aromatic N) is 1. The molecule has 3 unspecified atom stereocenters. The molecular formula is C35H34FN3O7. The predicted molar refractivity (Wildman–Crippen MR) is 164 cm³/mol. The van der Waals surface area contributed by atoms with Crippen LogP contribution >= 0.6 is 0 Å². The van der Waals surface area contributed by atoms with E-state index in [9.17, 15) is 38.6 Å². The number of phenols is 1. The molecule has 238 valence electrons. The lowest BCUT2D eigenvalue weighted by molar-refractivity contribution is -0.181. The monoisotopic (exact) mass is 627 g/mol. The fourth-order valence-corrected chi connectivity index (χ4v) is 7.68. The smallest absolute Gasteiger partial charge is 0.235 e. The summed E-state index contributed by atoms with van der Waals surface area (Å²) in [5.74, 6) is -11.1. The largest absolute Gasteiger partial charge is 0.507 e. The van der Waals surface area contributed by atoms with Crippen molar-refractivity contribution in [2.24, 2.45) is 29.4 Å². The number of amides is 1. The lowest BCUT2D eigenvalue weighted by atomic mass is 9.52. The number of nitrogens with one attached hydrogen (secondary N) is 1. The summed E-state index contributed by atoms with van der Waals surface area (Å²) < 4.78 is 13.5. The summed E-state index contributed by atoms with van der Waals surface area (Å²) >= 11 is 0. The van der Waals surface area contributed by atoms with Crippen molar-refractivity contribution in [3.63, 3.8) is 0 Å². The van der Waals surface area contributed by atoms with Gasteiger partial charge in [-0.15, -0.1) is 0 Å². The van der Waals surface area contributed by atoms with Crippen LogP contribution in [-0.2, 0) is 38.7 Å². The predicted octanol–water partition coefficient (Wildman–Crippen LogP) is 1.96. The maximum atomic E-state index is 14.0. The molecule has 2 fully saturated rings. The molecule has 46 heavy (non-hydrogen) atoms. The maximum absolute atomic E-state index is 14.0. The summed E-state index contributed by atoms with van der Waals surface area (Å²) in [5, 5.41) is 25.8. The van der Waals surface area contributed by atoms with Gasteiger partial charge in [0.05, 0.1) is 17.5 Å². The van der Waals surface area contributed by atoms with E-state index in [-0.39, 0.29) is 30.0 Å². The average molecular weight is 628 g/mol. The Morgan fingerprint density at radius 1 is 1.00 bits per heavy atom. The Morgan fingerprint density at radius 3 is 2.35 bits per heavy atom. The van der Waals surface area contributed by atoms with Crippen LogP contribution in [-0.4, -0.2) is 69.9 Å². The SMILES string of the molecule is CN(C)C1C(=O)C(C(N)=O)C(=O)[C@@]2(O)C(=O)C3C(=O)c4c(O)ccc(-c5ccc(CNCc6cccc(F)c6)cc5)c4C[C@@H]3C[C@H]12. The van der Waals surface area contributed by atoms with Gasteiger partial charge in [-0.2, -0.15) is 0 Å². The highest BCUT2D eigenvalue weighted by molar-refractivity contribution is 6.32. The minimum Gasteiger partial charge on any atom is -0.507 e. The van der Waals surface area contributed by atoms with E-state index in [2.05, 4.69) is 5.32 Å². The lowest BCUT2D eigenvalue weighted by Gasteiger charge is -2.52. The number of hydrogen-bond acceptors (Lipinski definition) is 9. The van der Waals surface area contributed by atoms with Crippen molar-refractivity contribution in [2.45, 2.75) is 37.6 Å². The second-order valence-electron chi connectivity index (χ2n) is 12.7. The number of primary amides is 1. The number of rotatable bonds is 7. The number of phenolic OH excluding ortho intramolecular Hbond substituents is 1. The van der Waals surface area contributed by atoms with E-state index in [1.807, 2.05) is 30.3 Å². The highest BCUT2D eigenvalue weighted by atomic mass is 19.1. The van der Waals surface area contributed by atoms with Gasteiger partial charge in [0, 0.05) is 19.0 Å². The van der Waals surface area contributed by atoms with E-state index < -0.39 is 64.4 Å². The summed E-state index contributed by atoms with van der Waals surface area (Å²) in [7, 11) is 3.09. The molecule has 2 saturated carbocycles. The molecule has 10 nitrogen and oxygen atoms in total. The van der Waals surface area contributed by atoms with Crippen LogP contribution in [0.25, 0.3) is 11.1 Å². The van der Waals surface area contributed by atoms with Gasteiger partial charge in [-0.3, -0.25) is 28.9 Å². The Bertz CT molecular complexity index is 1790. The first kappa shape index (κ1) is 31.4. The molecule has 0 heterocycles. The number of Topliss-reactive ketones (excluding diaryl/α,β-unsaturated/α-hetero) is 4. The molecule has 6 atom stereocenters. The summed E-state index contributed by atoms with van der Waals surface area (Å²) in [6, 6.07) is 15.9. The molecule has 3 aromatic rings. The topological polar surface area (TPSA) is 167 Å². The fourth-order valence-electron chi connectivity index (χ4n) is 7.68. The third-order valence-corrected chi connectivity index (χ3v) is 9.76. The first-order valence-electron chi connectivity index (χ1n) is 15.1. The van der Waals surface area contributed by atoms with Gasteiger partial charge in [0.25, 0.3) is 0 Å². The van der Waals surface area contributed by atoms with Crippen LogP contribution in [0.2, 0.25) is 0 Å². The van der Waals surface area contributed by atoms with Gasteiger partial charge in [-0.05, 0) is 78.9 Å². The van der Waals surface area contributed by atoms with E-state index >= 15 is 0 Å². The van der Waals surface area contributed by atoms with Crippen molar-refractivity contribution in [1.29, 1.82) is 0 Å². The van der Waals surface area contributed by atoms with Crippen molar-refractivity contribution in [3.8, 4) is 16.9 Å². The molecular weight excluding hydrogens is 593 g/mol. The number of ketones is 4. The fraction of sp³-hybridized carbons (Fsp3) is 0.343. The van der Waals surface area contributed by atoms with Gasteiger partial charge >= 0.3 is 0 Å². The van der Waals surface area contributed by atoms with Crippen LogP contribution in [0.5, 0.6) is 5.75 Å². The third kappa shape index (κ3) is 4.95. The summed E-state index contributed by atoms with van der Waals surface area (Å²) in [5.41, 5.74) is 6.34. The average Bonchev–Trinajstić information content (AvgIpc) is 2.99. The number of halogens is 1. The van der Waals surface area contributed by atoms with Crippen LogP contribution in [0.1, 0.15) is 33.5 Å². The Labute approximate surface area is 264 Å². The van der Waals surface area contributed by atoms with Crippen molar-refractivity contribution < 1.29 is 38.6 Å². The summed E-state index contributed by atoms with van der Waals surface area (Å²) in [6.45, 7) is 1.01. The van der Waals surface area contributed by atoms with Gasteiger partial charge in [0.15, 0.2) is 34.7 Å². The van der Waals surface area contributed by atoms with E-state index in [0.717, 1.165) is 16.7 Å². The van der Waals surface area contributed by atoms with Gasteiger partial charge in [0.1, 0.15) is 11.6 Å². The number of aliphatic hydroxyl groups is 1. The van der Waals surface area contributed by atoms with Crippen LogP contribution in [0, 0.1) is 29.5 Å². The van der Waals surface area contributed by atoms with E-state index in [1.165, 1.54) is 23.1 Å². The number of hydrogen-bond donors (Lipinski definition) is 4. The molecule has 11 heteroatoms. The highest BCUT2D eigenvalue weighted by Gasteiger charge is 2.69. The molecule has 0 saturated heterocycles. The van der Waals surface area contributed by atoms with Crippen molar-refractivity contribution in [2.75, 3.05) is 14.1 Å². The molecule has 0 aromatic heterocycles. The number of carbonyl (C=O) groups excluding carboxylic acids is 5. The van der Waals surface area contributed by atoms with Crippen molar-refractivity contribution in [3.05, 3.63) is 88.7 Å². The number of fused-ring (bicyclic) bond motifs is 3. The Hall–Kier alpha value is -4.58. The van der Waals surface area contributed by atoms with Gasteiger partial charge in [0.2, 0.25) is 5.91 Å². The molecule has 0 spiro atoms. The number of nitrogens with two attached hydrogens (primary N) is 1. The molecule has 0 aliphatic heterocycles. The minimum absolute atomic E-state index is 0.0189. The van der Waals surface area contributed by atoms with Crippen molar-refractivity contribution >= 4 is 29.0 Å². The Kier molecular flexibility index (Phi) is 7.95. The van der Waals surface area contributed by atoms with Crippen LogP contribution in [0.3, 0.4) is 0 Å². The van der Waals surface area contributed by atoms with Gasteiger partial charge in [-0.25, -0.2) is 4.39 Å². The number of carbonyl (C=O) groups is 5. The molecule has 5 N–H and O–H groups in total. The molecule has 6 rings (SSSR count). The molecule has 1 amide bonds. The molecule has 0 bridgehead atoms. The zero-order valence-electron chi connectivity index (χ0n) is 25.3. The molecule has 0 radical (unpaired) electrons. The normalized spacial score (nSPS) is 27.3. The molecule has 3 aromatic carbocycles. The van der Waals surface area contributed by atoms with E-state index in [4.69, 9.17) is 5.73 Å². The zero-order valence-corrected chi connectivity index (χ0v) is 25.3. The number of benzene rings is 3. The van der Waals surface area contributed by atoms with E-state index in [1.54, 1.807) is 26.2 Å². The molecule has 3 aliphatic rings. The van der Waals surface area contributed by atoms with Gasteiger partial charge < -0.3 is 21.3 Å². The van der Waals surface area contributed by atoms with Crippen molar-refractivity contribution in [1.82, 2.24) is 10.2 Å². The lowest BCUT2D eigenvalue weighted by Crippen LogP contribution is -2.74. The quantitative estimate of drug-likeness (QED) is 0.287. The zero-order chi connectivity index (χ0) is 33.1. The first-order valence-corrected chi connectivity index (χ1v) is 15.1. The first-order chi connectivity index (χ1) is 21.8. The van der Waals surface area contributed by atoms with Crippen LogP contribution in [0.4, 0.5) is 4.39 Å². The van der Waals surface area contributed by atoms with Gasteiger partial charge in [-0.1, -0.05) is 42.5 Å². The second kappa shape index (κ2) is 11.7. The Morgan fingerprint density at radius 2 is 1.70 bits per heavy atom. The third-order valence-electron chi connectivity index (χ3n) is 9.76. The van der Waals surface area contributed by atoms with Crippen LogP contribution < -0.4 is 11.1 Å². The number of aromatic hydroxyl groups is 1.